The Morgan fingerprint density at radius 1 is 1.42 bits per heavy atom. The lowest BCUT2D eigenvalue weighted by molar-refractivity contribution is 0.0952. The summed E-state index contributed by atoms with van der Waals surface area (Å²) >= 11 is 0. The van der Waals surface area contributed by atoms with Gasteiger partial charge in [0.1, 0.15) is 5.82 Å². The Morgan fingerprint density at radius 2 is 2.32 bits per heavy atom. The molecule has 0 atom stereocenters. The molecule has 7 heteroatoms. The Kier molecular flexibility index (Phi) is 4.44. The first-order chi connectivity index (χ1) is 9.29. The highest BCUT2D eigenvalue weighted by Crippen LogP contribution is 2.03. The van der Waals surface area contributed by atoms with Crippen LogP contribution in [0.5, 0.6) is 0 Å². The maximum Gasteiger partial charge on any atom is 0.252 e. The fourth-order valence-corrected chi connectivity index (χ4v) is 1.57. The molecule has 19 heavy (non-hydrogen) atoms. The number of aromatic nitrogens is 4. The minimum Gasteiger partial charge on any atom is -0.373 e. The molecule has 0 radical (unpaired) electrons. The Hall–Kier alpha value is -2.44. The van der Waals surface area contributed by atoms with Crippen molar-refractivity contribution in [3.63, 3.8) is 0 Å². The Morgan fingerprint density at radius 3 is 2.95 bits per heavy atom. The van der Waals surface area contributed by atoms with Crippen molar-refractivity contribution in [1.82, 2.24) is 25.3 Å². The van der Waals surface area contributed by atoms with Gasteiger partial charge in [-0.2, -0.15) is 0 Å². The zero-order valence-corrected chi connectivity index (χ0v) is 10.7. The summed E-state index contributed by atoms with van der Waals surface area (Å²) in [6, 6.07) is 3.51. The number of hydrogen-bond donors (Lipinski definition) is 2. The Balaban J connectivity index is 1.74. The summed E-state index contributed by atoms with van der Waals surface area (Å²) in [5.74, 6) is 0.622. The molecule has 2 aromatic rings. The van der Waals surface area contributed by atoms with Crippen molar-refractivity contribution in [1.29, 1.82) is 0 Å². The monoisotopic (exact) mass is 260 g/mol. The molecule has 7 nitrogen and oxygen atoms in total. The summed E-state index contributed by atoms with van der Waals surface area (Å²) in [6.07, 6.45) is 5.78. The molecule has 0 spiro atoms. The molecule has 0 saturated carbocycles. The van der Waals surface area contributed by atoms with Crippen molar-refractivity contribution in [2.75, 3.05) is 18.9 Å². The number of nitrogens with zero attached hydrogens (tertiary/aromatic N) is 4. The lowest BCUT2D eigenvalue weighted by atomic mass is 10.2. The van der Waals surface area contributed by atoms with E-state index in [9.17, 15) is 4.79 Å². The lowest BCUT2D eigenvalue weighted by Crippen LogP contribution is -2.25. The molecule has 2 N–H and O–H groups in total. The quantitative estimate of drug-likeness (QED) is 0.740. The van der Waals surface area contributed by atoms with Crippen molar-refractivity contribution in [3.8, 4) is 0 Å². The SMILES string of the molecule is CNc1ccc(C(=O)NCCCn2ccnn2)cn1. The van der Waals surface area contributed by atoms with Crippen LogP contribution < -0.4 is 10.6 Å². The summed E-state index contributed by atoms with van der Waals surface area (Å²) in [6.45, 7) is 1.32. The molecule has 0 bridgehead atoms. The maximum atomic E-state index is 11.8. The van der Waals surface area contributed by atoms with Gasteiger partial charge in [0.15, 0.2) is 0 Å². The van der Waals surface area contributed by atoms with Gasteiger partial charge in [-0.15, -0.1) is 5.10 Å². The minimum atomic E-state index is -0.117. The van der Waals surface area contributed by atoms with Gasteiger partial charge >= 0.3 is 0 Å². The van der Waals surface area contributed by atoms with Crippen LogP contribution in [0.2, 0.25) is 0 Å². The van der Waals surface area contributed by atoms with Crippen molar-refractivity contribution in [3.05, 3.63) is 36.3 Å². The van der Waals surface area contributed by atoms with E-state index in [1.54, 1.807) is 42.5 Å². The number of rotatable bonds is 6. The summed E-state index contributed by atoms with van der Waals surface area (Å²) in [5, 5.41) is 13.3. The smallest absolute Gasteiger partial charge is 0.252 e. The fraction of sp³-hybridized carbons (Fsp3) is 0.333. The fourth-order valence-electron chi connectivity index (χ4n) is 1.57. The van der Waals surface area contributed by atoms with Crippen LogP contribution in [-0.2, 0) is 6.54 Å². The van der Waals surface area contributed by atoms with E-state index in [1.807, 2.05) is 0 Å². The van der Waals surface area contributed by atoms with E-state index >= 15 is 0 Å². The van der Waals surface area contributed by atoms with E-state index < -0.39 is 0 Å². The highest BCUT2D eigenvalue weighted by molar-refractivity contribution is 5.93. The van der Waals surface area contributed by atoms with Crippen molar-refractivity contribution >= 4 is 11.7 Å². The van der Waals surface area contributed by atoms with Gasteiger partial charge in [-0.05, 0) is 18.6 Å². The van der Waals surface area contributed by atoms with Crippen molar-refractivity contribution in [2.24, 2.45) is 0 Å². The molecule has 0 fully saturated rings. The zero-order chi connectivity index (χ0) is 13.5. The predicted octanol–water partition coefficient (Wildman–Crippen LogP) is 0.535. The largest absolute Gasteiger partial charge is 0.373 e. The molecule has 100 valence electrons. The second-order valence-electron chi connectivity index (χ2n) is 3.96. The van der Waals surface area contributed by atoms with Crippen LogP contribution >= 0.6 is 0 Å². The third kappa shape index (κ3) is 3.77. The van der Waals surface area contributed by atoms with Crippen molar-refractivity contribution in [2.45, 2.75) is 13.0 Å². The first-order valence-electron chi connectivity index (χ1n) is 6.05. The second kappa shape index (κ2) is 6.48. The number of amides is 1. The summed E-state index contributed by atoms with van der Waals surface area (Å²) < 4.78 is 1.73. The minimum absolute atomic E-state index is 0.117. The standard InChI is InChI=1S/C12H16N6O/c1-13-11-4-3-10(9-15-11)12(19)14-5-2-7-18-8-6-16-17-18/h3-4,6,8-9H,2,5,7H2,1H3,(H,13,15)(H,14,19). The van der Waals surface area contributed by atoms with Crippen LogP contribution in [0.15, 0.2) is 30.7 Å². The average Bonchev–Trinajstić information content (AvgIpc) is 2.96. The van der Waals surface area contributed by atoms with Crippen LogP contribution in [-0.4, -0.2) is 39.5 Å². The topological polar surface area (TPSA) is 84.7 Å². The number of hydrogen-bond acceptors (Lipinski definition) is 5. The van der Waals surface area contributed by atoms with E-state index in [0.717, 1.165) is 18.8 Å². The van der Waals surface area contributed by atoms with E-state index in [4.69, 9.17) is 0 Å². The highest BCUT2D eigenvalue weighted by atomic mass is 16.1. The normalized spacial score (nSPS) is 10.2. The molecule has 0 saturated heterocycles. The molecule has 2 heterocycles. The summed E-state index contributed by atoms with van der Waals surface area (Å²) in [7, 11) is 1.78. The van der Waals surface area contributed by atoms with Gasteiger partial charge in [0.05, 0.1) is 11.8 Å². The highest BCUT2D eigenvalue weighted by Gasteiger charge is 2.05. The van der Waals surface area contributed by atoms with E-state index in [1.165, 1.54) is 0 Å². The van der Waals surface area contributed by atoms with Crippen LogP contribution in [0.4, 0.5) is 5.82 Å². The second-order valence-corrected chi connectivity index (χ2v) is 3.96. The number of pyridine rings is 1. The van der Waals surface area contributed by atoms with Crippen LogP contribution in [0, 0.1) is 0 Å². The van der Waals surface area contributed by atoms with Crippen LogP contribution in [0.25, 0.3) is 0 Å². The molecule has 2 aromatic heterocycles. The summed E-state index contributed by atoms with van der Waals surface area (Å²) in [5.41, 5.74) is 0.555. The predicted molar refractivity (Wildman–Crippen MR) is 70.8 cm³/mol. The molecular formula is C12H16N6O. The lowest BCUT2D eigenvalue weighted by Gasteiger charge is -2.05. The maximum absolute atomic E-state index is 11.8. The van der Waals surface area contributed by atoms with E-state index in [0.29, 0.717) is 12.1 Å². The molecule has 0 aliphatic rings. The average molecular weight is 260 g/mol. The van der Waals surface area contributed by atoms with Crippen molar-refractivity contribution < 1.29 is 4.79 Å². The van der Waals surface area contributed by atoms with Gasteiger partial charge in [-0.25, -0.2) is 4.98 Å². The molecule has 0 aromatic carbocycles. The van der Waals surface area contributed by atoms with Crippen LogP contribution in [0.3, 0.4) is 0 Å². The molecule has 1 amide bonds. The van der Waals surface area contributed by atoms with Gasteiger partial charge < -0.3 is 10.6 Å². The number of nitrogens with one attached hydrogen (secondary N) is 2. The Bertz CT molecular complexity index is 508. The van der Waals surface area contributed by atoms with E-state index in [2.05, 4.69) is 25.9 Å². The molecule has 0 unspecified atom stereocenters. The number of carbonyl (C=O) groups excluding carboxylic acids is 1. The number of carbonyl (C=O) groups is 1. The molecular weight excluding hydrogens is 244 g/mol. The van der Waals surface area contributed by atoms with E-state index in [-0.39, 0.29) is 5.91 Å². The first kappa shape index (κ1) is 13.0. The van der Waals surface area contributed by atoms with Gasteiger partial charge in [0.2, 0.25) is 0 Å². The van der Waals surface area contributed by atoms with Gasteiger partial charge in [-0.1, -0.05) is 5.21 Å². The molecule has 0 aliphatic heterocycles. The van der Waals surface area contributed by atoms with Gasteiger partial charge in [0, 0.05) is 32.5 Å². The molecule has 0 aliphatic carbocycles. The Labute approximate surface area is 111 Å². The zero-order valence-electron chi connectivity index (χ0n) is 10.7. The van der Waals surface area contributed by atoms with Gasteiger partial charge in [0.25, 0.3) is 5.91 Å². The number of anilines is 1. The first-order valence-corrected chi connectivity index (χ1v) is 6.05. The summed E-state index contributed by atoms with van der Waals surface area (Å²) in [4.78, 5) is 15.9. The molecule has 2 rings (SSSR count). The third-order valence-electron chi connectivity index (χ3n) is 2.60. The third-order valence-corrected chi connectivity index (χ3v) is 2.60. The number of aryl methyl sites for hydroxylation is 1. The van der Waals surface area contributed by atoms with Gasteiger partial charge in [-0.3, -0.25) is 9.48 Å². The van der Waals surface area contributed by atoms with Crippen LogP contribution in [0.1, 0.15) is 16.8 Å².